The van der Waals surface area contributed by atoms with Crippen molar-refractivity contribution in [2.75, 3.05) is 0 Å². The highest BCUT2D eigenvalue weighted by molar-refractivity contribution is 7.17. The Morgan fingerprint density at radius 3 is 2.87 bits per heavy atom. The van der Waals surface area contributed by atoms with Gasteiger partial charge in [-0.15, -0.1) is 0 Å². The first-order valence-corrected chi connectivity index (χ1v) is 4.71. The number of nitriles is 1. The Morgan fingerprint density at radius 2 is 2.40 bits per heavy atom. The minimum atomic E-state index is -0.862. The molecule has 0 N–H and O–H groups in total. The van der Waals surface area contributed by atoms with Gasteiger partial charge in [0, 0.05) is 6.07 Å². The summed E-state index contributed by atoms with van der Waals surface area (Å²) < 4.78 is 4.67. The summed E-state index contributed by atoms with van der Waals surface area (Å²) in [5.41, 5.74) is 0. The summed E-state index contributed by atoms with van der Waals surface area (Å²) in [5.74, 6) is -0.720. The van der Waals surface area contributed by atoms with Crippen LogP contribution in [0.5, 0.6) is 0 Å². The zero-order valence-electron chi connectivity index (χ0n) is 7.67. The van der Waals surface area contributed by atoms with Crippen LogP contribution in [0.4, 0.5) is 5.00 Å². The number of carbonyl (C=O) groups is 1. The van der Waals surface area contributed by atoms with Crippen molar-refractivity contribution in [2.45, 2.75) is 13.0 Å². The Labute approximate surface area is 88.9 Å². The lowest BCUT2D eigenvalue weighted by Crippen LogP contribution is -2.11. The molecular weight excluding hydrogens is 220 g/mol. The Bertz CT molecular complexity index is 434. The molecule has 1 aromatic rings. The standard InChI is InChI=1S/C8H6N2O4S/c1-5(4-9)14-8(11)6-2-3-7(15-6)10(12)13/h2-3,5H,1H3/t5-/m0/s1. The molecule has 0 aliphatic rings. The number of carbonyl (C=O) groups excluding carboxylic acids is 1. The van der Waals surface area contributed by atoms with Crippen LogP contribution in [0.2, 0.25) is 0 Å². The molecule has 1 heterocycles. The van der Waals surface area contributed by atoms with Crippen LogP contribution >= 0.6 is 11.3 Å². The molecule has 0 spiro atoms. The van der Waals surface area contributed by atoms with E-state index in [0.717, 1.165) is 11.3 Å². The van der Waals surface area contributed by atoms with E-state index in [4.69, 9.17) is 5.26 Å². The number of esters is 1. The molecular formula is C8H6N2O4S. The molecule has 1 rings (SSSR count). The molecule has 0 aliphatic heterocycles. The lowest BCUT2D eigenvalue weighted by molar-refractivity contribution is -0.380. The topological polar surface area (TPSA) is 93.2 Å². The molecule has 0 aliphatic carbocycles. The first-order chi connectivity index (χ1) is 7.04. The fourth-order valence-corrected chi connectivity index (χ4v) is 1.48. The van der Waals surface area contributed by atoms with Crippen LogP contribution in [0.25, 0.3) is 0 Å². The van der Waals surface area contributed by atoms with Crippen molar-refractivity contribution >= 4 is 22.3 Å². The first kappa shape index (κ1) is 11.1. The van der Waals surface area contributed by atoms with Gasteiger partial charge in [-0.1, -0.05) is 11.3 Å². The molecule has 0 bridgehead atoms. The van der Waals surface area contributed by atoms with E-state index in [9.17, 15) is 14.9 Å². The predicted octanol–water partition coefficient (Wildman–Crippen LogP) is 1.73. The quantitative estimate of drug-likeness (QED) is 0.444. The van der Waals surface area contributed by atoms with Gasteiger partial charge in [-0.2, -0.15) is 5.26 Å². The summed E-state index contributed by atoms with van der Waals surface area (Å²) in [4.78, 5) is 21.1. The van der Waals surface area contributed by atoms with E-state index < -0.39 is 17.0 Å². The number of thiophene rings is 1. The monoisotopic (exact) mass is 226 g/mol. The molecule has 0 saturated heterocycles. The predicted molar refractivity (Wildman–Crippen MR) is 51.5 cm³/mol. The molecule has 0 saturated carbocycles. The van der Waals surface area contributed by atoms with E-state index >= 15 is 0 Å². The SMILES string of the molecule is C[C@@H](C#N)OC(=O)c1ccc([N+](=O)[O-])s1. The van der Waals surface area contributed by atoms with Gasteiger partial charge in [-0.05, 0) is 13.0 Å². The van der Waals surface area contributed by atoms with Gasteiger partial charge in [-0.25, -0.2) is 4.79 Å². The van der Waals surface area contributed by atoms with Crippen LogP contribution in [0.3, 0.4) is 0 Å². The summed E-state index contributed by atoms with van der Waals surface area (Å²) in [7, 11) is 0. The lowest BCUT2D eigenvalue weighted by Gasteiger charge is -2.02. The van der Waals surface area contributed by atoms with Gasteiger partial charge in [0.25, 0.3) is 0 Å². The van der Waals surface area contributed by atoms with Crippen molar-refractivity contribution in [3.63, 3.8) is 0 Å². The van der Waals surface area contributed by atoms with Crippen LogP contribution in [-0.2, 0) is 4.74 Å². The normalized spacial score (nSPS) is 11.5. The molecule has 78 valence electrons. The molecule has 0 fully saturated rings. The number of ether oxygens (including phenoxy) is 1. The minimum Gasteiger partial charge on any atom is -0.443 e. The van der Waals surface area contributed by atoms with Crippen molar-refractivity contribution < 1.29 is 14.5 Å². The summed E-state index contributed by atoms with van der Waals surface area (Å²) in [6, 6.07) is 4.24. The summed E-state index contributed by atoms with van der Waals surface area (Å²) in [5, 5.41) is 18.6. The van der Waals surface area contributed by atoms with Crippen LogP contribution in [-0.4, -0.2) is 17.0 Å². The zero-order chi connectivity index (χ0) is 11.4. The van der Waals surface area contributed by atoms with Gasteiger partial charge in [0.1, 0.15) is 10.9 Å². The highest BCUT2D eigenvalue weighted by Crippen LogP contribution is 2.24. The maximum absolute atomic E-state index is 11.3. The summed E-state index contributed by atoms with van der Waals surface area (Å²) in [6.45, 7) is 1.42. The summed E-state index contributed by atoms with van der Waals surface area (Å²) >= 11 is 0.719. The average molecular weight is 226 g/mol. The van der Waals surface area contributed by atoms with Gasteiger partial charge >= 0.3 is 11.0 Å². The van der Waals surface area contributed by atoms with Crippen LogP contribution in [0.15, 0.2) is 12.1 Å². The van der Waals surface area contributed by atoms with E-state index in [2.05, 4.69) is 4.74 Å². The number of hydrogen-bond donors (Lipinski definition) is 0. The second-order valence-corrected chi connectivity index (χ2v) is 3.63. The van der Waals surface area contributed by atoms with Gasteiger partial charge in [0.2, 0.25) is 0 Å². The molecule has 0 amide bonds. The van der Waals surface area contributed by atoms with E-state index in [1.165, 1.54) is 19.1 Å². The maximum Gasteiger partial charge on any atom is 0.349 e. The third kappa shape index (κ3) is 2.75. The summed E-state index contributed by atoms with van der Waals surface area (Å²) in [6.07, 6.45) is -0.862. The van der Waals surface area contributed by atoms with Crippen molar-refractivity contribution in [3.05, 3.63) is 27.1 Å². The van der Waals surface area contributed by atoms with E-state index in [-0.39, 0.29) is 9.88 Å². The lowest BCUT2D eigenvalue weighted by atomic mass is 10.4. The zero-order valence-corrected chi connectivity index (χ0v) is 8.48. The molecule has 1 atom stereocenters. The highest BCUT2D eigenvalue weighted by Gasteiger charge is 2.17. The molecule has 1 aromatic heterocycles. The third-order valence-corrected chi connectivity index (χ3v) is 2.46. The third-order valence-electron chi connectivity index (χ3n) is 1.44. The number of hydrogen-bond acceptors (Lipinski definition) is 6. The Morgan fingerprint density at radius 1 is 1.73 bits per heavy atom. The van der Waals surface area contributed by atoms with Gasteiger partial charge in [-0.3, -0.25) is 10.1 Å². The molecule has 6 nitrogen and oxygen atoms in total. The molecule has 0 unspecified atom stereocenters. The molecule has 0 radical (unpaired) electrons. The molecule has 7 heteroatoms. The Balaban J connectivity index is 2.75. The fraction of sp³-hybridized carbons (Fsp3) is 0.250. The molecule has 0 aromatic carbocycles. The Hall–Kier alpha value is -1.94. The van der Waals surface area contributed by atoms with Crippen molar-refractivity contribution in [1.82, 2.24) is 0 Å². The van der Waals surface area contributed by atoms with Gasteiger partial charge < -0.3 is 4.74 Å². The van der Waals surface area contributed by atoms with E-state index in [1.807, 2.05) is 0 Å². The fourth-order valence-electron chi connectivity index (χ4n) is 0.780. The highest BCUT2D eigenvalue weighted by atomic mass is 32.1. The average Bonchev–Trinajstić information content (AvgIpc) is 2.66. The minimum absolute atomic E-state index is 0.115. The second kappa shape index (κ2) is 4.52. The number of rotatable bonds is 3. The largest absolute Gasteiger partial charge is 0.443 e. The van der Waals surface area contributed by atoms with Gasteiger partial charge in [0.15, 0.2) is 6.10 Å². The second-order valence-electron chi connectivity index (χ2n) is 2.57. The van der Waals surface area contributed by atoms with Crippen LogP contribution < -0.4 is 0 Å². The number of nitro groups is 1. The maximum atomic E-state index is 11.3. The Kier molecular flexibility index (Phi) is 3.36. The van der Waals surface area contributed by atoms with E-state index in [1.54, 1.807) is 6.07 Å². The van der Waals surface area contributed by atoms with Crippen molar-refractivity contribution in [1.29, 1.82) is 5.26 Å². The first-order valence-electron chi connectivity index (χ1n) is 3.89. The number of nitrogens with zero attached hydrogens (tertiary/aromatic N) is 2. The van der Waals surface area contributed by atoms with E-state index in [0.29, 0.717) is 0 Å². The van der Waals surface area contributed by atoms with Gasteiger partial charge in [0.05, 0.1) is 4.92 Å². The van der Waals surface area contributed by atoms with Crippen LogP contribution in [0.1, 0.15) is 16.6 Å². The molecule has 15 heavy (non-hydrogen) atoms. The smallest absolute Gasteiger partial charge is 0.349 e. The van der Waals surface area contributed by atoms with Crippen molar-refractivity contribution in [2.24, 2.45) is 0 Å². The van der Waals surface area contributed by atoms with Crippen molar-refractivity contribution in [3.8, 4) is 6.07 Å². The van der Waals surface area contributed by atoms with Crippen LogP contribution in [0, 0.1) is 21.4 Å².